The van der Waals surface area contributed by atoms with E-state index in [4.69, 9.17) is 5.73 Å². The first-order chi connectivity index (χ1) is 5.81. The van der Waals surface area contributed by atoms with Crippen molar-refractivity contribution in [1.29, 1.82) is 0 Å². The van der Waals surface area contributed by atoms with E-state index in [9.17, 15) is 13.2 Å². The molecule has 1 aliphatic rings. The van der Waals surface area contributed by atoms with Crippen molar-refractivity contribution in [3.05, 3.63) is 0 Å². The minimum Gasteiger partial charge on any atom is -0.324 e. The second-order valence-electron chi connectivity index (χ2n) is 4.13. The summed E-state index contributed by atoms with van der Waals surface area (Å²) in [6.45, 7) is 2.62. The SMILES string of the molecule is CC(C)(F)CN1CC(N)C(F)C1F. The van der Waals surface area contributed by atoms with Crippen LogP contribution in [0.15, 0.2) is 0 Å². The van der Waals surface area contributed by atoms with E-state index in [1.165, 1.54) is 13.8 Å². The van der Waals surface area contributed by atoms with Gasteiger partial charge in [-0.2, -0.15) is 0 Å². The first-order valence-electron chi connectivity index (χ1n) is 4.28. The third kappa shape index (κ3) is 2.57. The van der Waals surface area contributed by atoms with E-state index >= 15 is 0 Å². The first kappa shape index (κ1) is 10.8. The van der Waals surface area contributed by atoms with Crippen molar-refractivity contribution in [3.8, 4) is 0 Å². The minimum atomic E-state index is -1.76. The predicted molar refractivity (Wildman–Crippen MR) is 44.5 cm³/mol. The van der Waals surface area contributed by atoms with E-state index in [1.807, 2.05) is 0 Å². The summed E-state index contributed by atoms with van der Waals surface area (Å²) < 4.78 is 39.0. The third-order valence-electron chi connectivity index (χ3n) is 2.05. The Balaban J connectivity index is 2.54. The number of nitrogens with two attached hydrogens (primary N) is 1. The van der Waals surface area contributed by atoms with E-state index in [2.05, 4.69) is 0 Å². The fourth-order valence-corrected chi connectivity index (χ4v) is 1.51. The number of likely N-dealkylation sites (tertiary alicyclic amines) is 1. The number of alkyl halides is 3. The lowest BCUT2D eigenvalue weighted by atomic mass is 10.1. The lowest BCUT2D eigenvalue weighted by molar-refractivity contribution is 0.0340. The van der Waals surface area contributed by atoms with Gasteiger partial charge in [0.25, 0.3) is 0 Å². The predicted octanol–water partition coefficient (Wildman–Crippen LogP) is 1.01. The molecule has 0 bridgehead atoms. The lowest BCUT2D eigenvalue weighted by Crippen LogP contribution is -2.38. The van der Waals surface area contributed by atoms with Crippen LogP contribution in [0.3, 0.4) is 0 Å². The number of hydrogen-bond acceptors (Lipinski definition) is 2. The molecule has 2 N–H and O–H groups in total. The Hall–Kier alpha value is -0.290. The van der Waals surface area contributed by atoms with Crippen LogP contribution in [0.4, 0.5) is 13.2 Å². The molecule has 0 amide bonds. The highest BCUT2D eigenvalue weighted by Gasteiger charge is 2.42. The monoisotopic (exact) mass is 196 g/mol. The van der Waals surface area contributed by atoms with Crippen LogP contribution < -0.4 is 5.73 Å². The van der Waals surface area contributed by atoms with Gasteiger partial charge in [-0.1, -0.05) is 0 Å². The molecule has 2 nitrogen and oxygen atoms in total. The van der Waals surface area contributed by atoms with Gasteiger partial charge in [-0.05, 0) is 13.8 Å². The molecule has 1 aliphatic heterocycles. The fraction of sp³-hybridized carbons (Fsp3) is 1.00. The Kier molecular flexibility index (Phi) is 2.87. The van der Waals surface area contributed by atoms with Gasteiger partial charge < -0.3 is 5.73 Å². The van der Waals surface area contributed by atoms with Crippen molar-refractivity contribution in [1.82, 2.24) is 4.90 Å². The van der Waals surface area contributed by atoms with Crippen LogP contribution in [0.5, 0.6) is 0 Å². The van der Waals surface area contributed by atoms with Crippen molar-refractivity contribution in [2.75, 3.05) is 13.1 Å². The zero-order valence-electron chi connectivity index (χ0n) is 7.80. The Bertz CT molecular complexity index is 181. The van der Waals surface area contributed by atoms with Gasteiger partial charge in [-0.15, -0.1) is 0 Å². The highest BCUT2D eigenvalue weighted by Crippen LogP contribution is 2.24. The molecule has 1 saturated heterocycles. The molecule has 0 aromatic heterocycles. The Morgan fingerprint density at radius 1 is 1.46 bits per heavy atom. The topological polar surface area (TPSA) is 29.3 Å². The Labute approximate surface area is 75.9 Å². The molecule has 1 heterocycles. The summed E-state index contributed by atoms with van der Waals surface area (Å²) in [5, 5.41) is 0. The Morgan fingerprint density at radius 3 is 2.31 bits per heavy atom. The molecular formula is C8H15F3N2. The number of hydrogen-bond donors (Lipinski definition) is 1. The lowest BCUT2D eigenvalue weighted by Gasteiger charge is -2.24. The molecule has 1 rings (SSSR count). The normalized spacial score (nSPS) is 36.9. The van der Waals surface area contributed by atoms with Gasteiger partial charge in [0.15, 0.2) is 12.5 Å². The second kappa shape index (κ2) is 3.46. The Morgan fingerprint density at radius 2 is 2.00 bits per heavy atom. The molecule has 78 valence electrons. The maximum absolute atomic E-state index is 13.1. The van der Waals surface area contributed by atoms with Gasteiger partial charge >= 0.3 is 0 Å². The van der Waals surface area contributed by atoms with Crippen LogP contribution in [0.25, 0.3) is 0 Å². The number of rotatable bonds is 2. The van der Waals surface area contributed by atoms with Crippen molar-refractivity contribution >= 4 is 0 Å². The zero-order chi connectivity index (χ0) is 10.2. The molecule has 3 atom stereocenters. The molecule has 3 unspecified atom stereocenters. The van der Waals surface area contributed by atoms with E-state index in [-0.39, 0.29) is 13.1 Å². The van der Waals surface area contributed by atoms with Crippen molar-refractivity contribution in [3.63, 3.8) is 0 Å². The smallest absolute Gasteiger partial charge is 0.186 e. The summed E-state index contributed by atoms with van der Waals surface area (Å²) in [6, 6.07) is -0.836. The average molecular weight is 196 g/mol. The quantitative estimate of drug-likeness (QED) is 0.668. The summed E-state index contributed by atoms with van der Waals surface area (Å²) >= 11 is 0. The van der Waals surface area contributed by atoms with Crippen LogP contribution in [-0.2, 0) is 0 Å². The van der Waals surface area contributed by atoms with Crippen LogP contribution >= 0.6 is 0 Å². The van der Waals surface area contributed by atoms with Gasteiger partial charge in [-0.25, -0.2) is 13.2 Å². The van der Waals surface area contributed by atoms with E-state index in [0.29, 0.717) is 0 Å². The van der Waals surface area contributed by atoms with Crippen molar-refractivity contribution in [2.24, 2.45) is 5.73 Å². The molecule has 1 fully saturated rings. The van der Waals surface area contributed by atoms with Gasteiger partial charge in [0.05, 0.1) is 6.04 Å². The summed E-state index contributed by atoms with van der Waals surface area (Å²) in [5.41, 5.74) is 3.78. The summed E-state index contributed by atoms with van der Waals surface area (Å²) in [7, 11) is 0. The van der Waals surface area contributed by atoms with Gasteiger partial charge in [0.1, 0.15) is 5.67 Å². The van der Waals surface area contributed by atoms with E-state index in [1.54, 1.807) is 0 Å². The van der Waals surface area contributed by atoms with Crippen molar-refractivity contribution < 1.29 is 13.2 Å². The minimum absolute atomic E-state index is 0.0791. The van der Waals surface area contributed by atoms with E-state index in [0.717, 1.165) is 4.90 Å². The standard InChI is InChI=1S/C8H15F3N2/c1-8(2,11)4-13-3-5(12)6(9)7(13)10/h5-7H,3-4,12H2,1-2H3. The van der Waals surface area contributed by atoms with Gasteiger partial charge in [0, 0.05) is 13.1 Å². The van der Waals surface area contributed by atoms with Crippen LogP contribution in [0.1, 0.15) is 13.8 Å². The molecule has 0 saturated carbocycles. The fourth-order valence-electron chi connectivity index (χ4n) is 1.51. The van der Waals surface area contributed by atoms with Crippen LogP contribution in [-0.4, -0.2) is 42.2 Å². The molecule has 5 heteroatoms. The van der Waals surface area contributed by atoms with Gasteiger partial charge in [0.2, 0.25) is 0 Å². The second-order valence-corrected chi connectivity index (χ2v) is 4.13. The molecule has 13 heavy (non-hydrogen) atoms. The largest absolute Gasteiger partial charge is 0.324 e. The molecule has 0 aromatic carbocycles. The molecule has 0 aromatic rings. The average Bonchev–Trinajstić information content (AvgIpc) is 2.15. The molecule has 0 spiro atoms. The molecular weight excluding hydrogens is 181 g/mol. The summed E-state index contributed by atoms with van der Waals surface area (Å²) in [4.78, 5) is 1.11. The van der Waals surface area contributed by atoms with Crippen LogP contribution in [0.2, 0.25) is 0 Å². The first-order valence-corrected chi connectivity index (χ1v) is 4.28. The maximum Gasteiger partial charge on any atom is 0.186 e. The number of halogens is 3. The number of nitrogens with zero attached hydrogens (tertiary/aromatic N) is 1. The van der Waals surface area contributed by atoms with Crippen LogP contribution in [0, 0.1) is 0 Å². The summed E-state index contributed by atoms with van der Waals surface area (Å²) in [5.74, 6) is 0. The highest BCUT2D eigenvalue weighted by molar-refractivity contribution is 4.92. The third-order valence-corrected chi connectivity index (χ3v) is 2.05. The summed E-state index contributed by atoms with van der Waals surface area (Å²) in [6.07, 6.45) is -3.45. The highest BCUT2D eigenvalue weighted by atomic mass is 19.2. The molecule has 0 radical (unpaired) electrons. The molecule has 0 aliphatic carbocycles. The maximum atomic E-state index is 13.1. The van der Waals surface area contributed by atoms with Crippen molar-refractivity contribution in [2.45, 2.75) is 38.0 Å². The zero-order valence-corrected chi connectivity index (χ0v) is 7.80. The van der Waals surface area contributed by atoms with Gasteiger partial charge in [-0.3, -0.25) is 4.90 Å². The van der Waals surface area contributed by atoms with E-state index < -0.39 is 24.2 Å².